The van der Waals surface area contributed by atoms with Crippen molar-refractivity contribution in [3.05, 3.63) is 59.4 Å². The van der Waals surface area contributed by atoms with Crippen molar-refractivity contribution in [2.75, 3.05) is 0 Å². The van der Waals surface area contributed by atoms with Crippen molar-refractivity contribution in [1.29, 1.82) is 0 Å². The maximum Gasteiger partial charge on any atom is 0.417 e. The molecule has 0 saturated heterocycles. The summed E-state index contributed by atoms with van der Waals surface area (Å²) < 4.78 is 51.9. The molecule has 2 rings (SSSR count). The molecule has 2 aromatic carbocycles. The topological polar surface area (TPSA) is 26.0 Å². The number of rotatable bonds is 2. The van der Waals surface area contributed by atoms with Crippen molar-refractivity contribution in [2.24, 2.45) is 5.73 Å². The lowest BCUT2D eigenvalue weighted by Gasteiger charge is -2.14. The molecule has 0 aliphatic rings. The lowest BCUT2D eigenvalue weighted by molar-refractivity contribution is -0.137. The molecule has 2 aromatic rings. The Bertz CT molecular complexity index is 606. The van der Waals surface area contributed by atoms with Crippen LogP contribution in [0.15, 0.2) is 42.5 Å². The lowest BCUT2D eigenvalue weighted by atomic mass is 9.97. The van der Waals surface area contributed by atoms with Gasteiger partial charge >= 0.3 is 6.18 Å². The minimum absolute atomic E-state index is 0. The van der Waals surface area contributed by atoms with Crippen LogP contribution in [-0.4, -0.2) is 0 Å². The van der Waals surface area contributed by atoms with E-state index >= 15 is 0 Å². The van der Waals surface area contributed by atoms with Gasteiger partial charge in [0.05, 0.1) is 5.56 Å². The largest absolute Gasteiger partial charge is 0.417 e. The van der Waals surface area contributed by atoms with Gasteiger partial charge in [0.15, 0.2) is 0 Å². The van der Waals surface area contributed by atoms with Gasteiger partial charge in [0.1, 0.15) is 5.82 Å². The summed E-state index contributed by atoms with van der Waals surface area (Å²) in [6.45, 7) is 1.79. The van der Waals surface area contributed by atoms with Crippen LogP contribution in [0.3, 0.4) is 0 Å². The summed E-state index contributed by atoms with van der Waals surface area (Å²) in [5.74, 6) is -0.909. The molecule has 0 spiro atoms. The van der Waals surface area contributed by atoms with Gasteiger partial charge in [-0.05, 0) is 35.7 Å². The first kappa shape index (κ1) is 17.5. The summed E-state index contributed by atoms with van der Waals surface area (Å²) in [5, 5.41) is 0. The van der Waals surface area contributed by atoms with Gasteiger partial charge in [-0.2, -0.15) is 13.2 Å². The number of nitrogens with two attached hydrogens (primary N) is 1. The van der Waals surface area contributed by atoms with Crippen molar-refractivity contribution in [1.82, 2.24) is 0 Å². The van der Waals surface area contributed by atoms with Crippen molar-refractivity contribution < 1.29 is 17.6 Å². The Hall–Kier alpha value is -1.59. The van der Waals surface area contributed by atoms with Gasteiger partial charge in [0.2, 0.25) is 0 Å². The molecule has 21 heavy (non-hydrogen) atoms. The van der Waals surface area contributed by atoms with E-state index in [4.69, 9.17) is 5.73 Å². The molecule has 1 atom stereocenters. The SMILES string of the molecule is CC(N)c1ccc(-c2ccc(F)cc2C(F)(F)F)cc1.Cl. The fraction of sp³-hybridized carbons (Fsp3) is 0.200. The summed E-state index contributed by atoms with van der Waals surface area (Å²) >= 11 is 0. The van der Waals surface area contributed by atoms with E-state index in [2.05, 4.69) is 0 Å². The second-order valence-corrected chi connectivity index (χ2v) is 4.60. The van der Waals surface area contributed by atoms with E-state index < -0.39 is 17.6 Å². The van der Waals surface area contributed by atoms with Crippen molar-refractivity contribution in [2.45, 2.75) is 19.1 Å². The van der Waals surface area contributed by atoms with Crippen molar-refractivity contribution in [3.8, 4) is 11.1 Å². The van der Waals surface area contributed by atoms with Crippen molar-refractivity contribution >= 4 is 12.4 Å². The number of benzene rings is 2. The van der Waals surface area contributed by atoms with Crippen LogP contribution in [0.25, 0.3) is 11.1 Å². The predicted octanol–water partition coefficient (Wildman–Crippen LogP) is 4.95. The van der Waals surface area contributed by atoms with Gasteiger partial charge in [0, 0.05) is 6.04 Å². The zero-order chi connectivity index (χ0) is 14.9. The van der Waals surface area contributed by atoms with Crippen LogP contribution in [0.5, 0.6) is 0 Å². The van der Waals surface area contributed by atoms with Gasteiger partial charge in [-0.3, -0.25) is 0 Å². The van der Waals surface area contributed by atoms with E-state index in [-0.39, 0.29) is 24.0 Å². The third-order valence-corrected chi connectivity index (χ3v) is 3.03. The first-order valence-corrected chi connectivity index (χ1v) is 6.01. The maximum atomic E-state index is 13.0. The van der Waals surface area contributed by atoms with E-state index in [1.807, 2.05) is 0 Å². The molecule has 0 fully saturated rings. The highest BCUT2D eigenvalue weighted by atomic mass is 35.5. The van der Waals surface area contributed by atoms with E-state index in [0.29, 0.717) is 11.6 Å². The first-order chi connectivity index (χ1) is 9.29. The van der Waals surface area contributed by atoms with Crippen LogP contribution >= 0.6 is 12.4 Å². The molecule has 2 N–H and O–H groups in total. The molecule has 1 unspecified atom stereocenters. The van der Waals surface area contributed by atoms with Gasteiger partial charge in [0.25, 0.3) is 0 Å². The predicted molar refractivity (Wildman–Crippen MR) is 76.7 cm³/mol. The molecular weight excluding hydrogens is 306 g/mol. The minimum atomic E-state index is -4.60. The van der Waals surface area contributed by atoms with E-state index in [1.165, 1.54) is 0 Å². The molecule has 0 aliphatic heterocycles. The Morgan fingerprint density at radius 3 is 2.05 bits per heavy atom. The fourth-order valence-electron chi connectivity index (χ4n) is 1.97. The molecule has 0 radical (unpaired) electrons. The Morgan fingerprint density at radius 1 is 1.00 bits per heavy atom. The first-order valence-electron chi connectivity index (χ1n) is 6.01. The Labute approximate surface area is 126 Å². The quantitative estimate of drug-likeness (QED) is 0.778. The van der Waals surface area contributed by atoms with Gasteiger partial charge in [-0.25, -0.2) is 4.39 Å². The summed E-state index contributed by atoms with van der Waals surface area (Å²) in [6.07, 6.45) is -4.60. The molecule has 0 amide bonds. The standard InChI is InChI=1S/C15H13F4N.ClH/c1-9(20)10-2-4-11(5-3-10)13-7-6-12(16)8-14(13)15(17,18)19;/h2-9H,20H2,1H3;1H. The zero-order valence-corrected chi connectivity index (χ0v) is 11.9. The van der Waals surface area contributed by atoms with Gasteiger partial charge in [-0.1, -0.05) is 30.3 Å². The highest BCUT2D eigenvalue weighted by Gasteiger charge is 2.34. The third kappa shape index (κ3) is 3.95. The van der Waals surface area contributed by atoms with Crippen LogP contribution in [-0.2, 0) is 6.18 Å². The molecule has 0 aromatic heterocycles. The molecule has 0 saturated carbocycles. The van der Waals surface area contributed by atoms with Gasteiger partial charge in [-0.15, -0.1) is 12.4 Å². The molecular formula is C15H14ClF4N. The summed E-state index contributed by atoms with van der Waals surface area (Å²) in [6, 6.07) is 8.92. The van der Waals surface area contributed by atoms with Crippen LogP contribution in [0.4, 0.5) is 17.6 Å². The van der Waals surface area contributed by atoms with E-state index in [9.17, 15) is 17.6 Å². The third-order valence-electron chi connectivity index (χ3n) is 3.03. The normalized spacial score (nSPS) is 12.7. The highest BCUT2D eigenvalue weighted by molar-refractivity contribution is 5.85. The number of halogens is 5. The minimum Gasteiger partial charge on any atom is -0.324 e. The smallest absolute Gasteiger partial charge is 0.324 e. The fourth-order valence-corrected chi connectivity index (χ4v) is 1.97. The molecule has 114 valence electrons. The number of alkyl halides is 3. The van der Waals surface area contributed by atoms with Gasteiger partial charge < -0.3 is 5.73 Å². The molecule has 6 heteroatoms. The average Bonchev–Trinajstić information content (AvgIpc) is 2.38. The average molecular weight is 320 g/mol. The number of hydrogen-bond donors (Lipinski definition) is 1. The number of hydrogen-bond acceptors (Lipinski definition) is 1. The highest BCUT2D eigenvalue weighted by Crippen LogP contribution is 2.37. The molecule has 0 heterocycles. The summed E-state index contributed by atoms with van der Waals surface area (Å²) in [7, 11) is 0. The molecule has 0 bridgehead atoms. The maximum absolute atomic E-state index is 13.0. The van der Waals surface area contributed by atoms with E-state index in [1.54, 1.807) is 31.2 Å². The van der Waals surface area contributed by atoms with E-state index in [0.717, 1.165) is 17.7 Å². The Kier molecular flexibility index (Phi) is 5.36. The van der Waals surface area contributed by atoms with Crippen LogP contribution in [0.2, 0.25) is 0 Å². The second-order valence-electron chi connectivity index (χ2n) is 4.60. The zero-order valence-electron chi connectivity index (χ0n) is 11.1. The summed E-state index contributed by atoms with van der Waals surface area (Å²) in [4.78, 5) is 0. The Balaban J connectivity index is 0.00000220. The summed E-state index contributed by atoms with van der Waals surface area (Å²) in [5.41, 5.74) is 5.87. The molecule has 0 aliphatic carbocycles. The lowest BCUT2D eigenvalue weighted by Crippen LogP contribution is -2.08. The van der Waals surface area contributed by atoms with Crippen molar-refractivity contribution in [3.63, 3.8) is 0 Å². The second kappa shape index (κ2) is 6.45. The van der Waals surface area contributed by atoms with Crippen LogP contribution in [0, 0.1) is 5.82 Å². The van der Waals surface area contributed by atoms with Crippen LogP contribution in [0.1, 0.15) is 24.1 Å². The Morgan fingerprint density at radius 2 is 1.57 bits per heavy atom. The van der Waals surface area contributed by atoms with Crippen LogP contribution < -0.4 is 5.73 Å². The monoisotopic (exact) mass is 319 g/mol. The molecule has 1 nitrogen and oxygen atoms in total.